The number of carbonyl (C=O) groups is 2. The maximum atomic E-state index is 11.6. The molecule has 6 heteroatoms. The Morgan fingerprint density at radius 3 is 2.60 bits per heavy atom. The number of benzene rings is 1. The molecule has 1 aromatic carbocycles. The predicted molar refractivity (Wildman–Crippen MR) is 75.9 cm³/mol. The third-order valence-corrected chi connectivity index (χ3v) is 2.81. The number of nitrogens with zero attached hydrogens (tertiary/aromatic N) is 1. The largest absolute Gasteiger partial charge is 0.497 e. The first-order valence-corrected chi connectivity index (χ1v) is 6.18. The van der Waals surface area contributed by atoms with Gasteiger partial charge in [-0.1, -0.05) is 6.07 Å². The van der Waals surface area contributed by atoms with Crippen molar-refractivity contribution in [2.24, 2.45) is 0 Å². The smallest absolute Gasteiger partial charge is 0.330 e. The van der Waals surface area contributed by atoms with E-state index in [0.29, 0.717) is 6.54 Å². The summed E-state index contributed by atoms with van der Waals surface area (Å²) in [5.74, 6) is -0.0297. The van der Waals surface area contributed by atoms with Crippen molar-refractivity contribution >= 4 is 17.6 Å². The molecule has 0 heterocycles. The van der Waals surface area contributed by atoms with Crippen LogP contribution in [-0.4, -0.2) is 45.7 Å². The number of rotatable bonds is 6. The van der Waals surface area contributed by atoms with E-state index < -0.39 is 12.0 Å². The number of nitrogens with one attached hydrogen (secondary N) is 1. The topological polar surface area (TPSA) is 67.9 Å². The Morgan fingerprint density at radius 1 is 1.35 bits per heavy atom. The second kappa shape index (κ2) is 7.37. The molecule has 1 aromatic rings. The fourth-order valence-corrected chi connectivity index (χ4v) is 1.79. The minimum atomic E-state index is -0.714. The number of carbonyl (C=O) groups excluding carboxylic acids is 2. The molecule has 0 spiro atoms. The summed E-state index contributed by atoms with van der Waals surface area (Å²) in [6.45, 7) is 1.67. The first-order valence-electron chi connectivity index (χ1n) is 6.18. The molecular weight excluding hydrogens is 260 g/mol. The van der Waals surface area contributed by atoms with Gasteiger partial charge in [0.1, 0.15) is 11.8 Å². The maximum Gasteiger partial charge on any atom is 0.330 e. The Kier molecular flexibility index (Phi) is 5.83. The number of ether oxygens (including phenoxy) is 2. The Bertz CT molecular complexity index is 476. The molecule has 0 aromatic heterocycles. The van der Waals surface area contributed by atoms with E-state index in [9.17, 15) is 9.59 Å². The van der Waals surface area contributed by atoms with Crippen molar-refractivity contribution in [2.45, 2.75) is 13.0 Å². The van der Waals surface area contributed by atoms with Gasteiger partial charge in [-0.3, -0.25) is 4.79 Å². The van der Waals surface area contributed by atoms with Gasteiger partial charge in [-0.25, -0.2) is 4.79 Å². The molecule has 0 aliphatic heterocycles. The molecule has 0 aliphatic rings. The van der Waals surface area contributed by atoms with E-state index in [1.165, 1.54) is 14.0 Å². The monoisotopic (exact) mass is 280 g/mol. The summed E-state index contributed by atoms with van der Waals surface area (Å²) in [7, 11) is 4.71. The number of anilines is 1. The summed E-state index contributed by atoms with van der Waals surface area (Å²) >= 11 is 0. The molecule has 0 saturated carbocycles. The standard InChI is InChI=1S/C14H20N2O4/c1-10(17)15-13(14(18)20-4)9-16(2)11-6-5-7-12(8-11)19-3/h5-8,13H,9H2,1-4H3,(H,15,17). The Labute approximate surface area is 118 Å². The molecule has 6 nitrogen and oxygen atoms in total. The second-order valence-corrected chi connectivity index (χ2v) is 4.36. The zero-order valence-corrected chi connectivity index (χ0v) is 12.2. The lowest BCUT2D eigenvalue weighted by Gasteiger charge is -2.25. The minimum Gasteiger partial charge on any atom is -0.497 e. The van der Waals surface area contributed by atoms with Gasteiger partial charge in [-0.15, -0.1) is 0 Å². The van der Waals surface area contributed by atoms with Crippen molar-refractivity contribution in [3.63, 3.8) is 0 Å². The van der Waals surface area contributed by atoms with Crippen molar-refractivity contribution < 1.29 is 19.1 Å². The van der Waals surface area contributed by atoms with Crippen LogP contribution in [0.1, 0.15) is 6.92 Å². The Balaban J connectivity index is 2.80. The highest BCUT2D eigenvalue weighted by Gasteiger charge is 2.22. The van der Waals surface area contributed by atoms with Crippen LogP contribution in [0.15, 0.2) is 24.3 Å². The van der Waals surface area contributed by atoms with Gasteiger partial charge in [-0.2, -0.15) is 0 Å². The summed E-state index contributed by atoms with van der Waals surface area (Å²) in [5.41, 5.74) is 0.878. The van der Waals surface area contributed by atoms with Crippen molar-refractivity contribution in [1.29, 1.82) is 0 Å². The van der Waals surface area contributed by atoms with Crippen LogP contribution in [0.25, 0.3) is 0 Å². The summed E-state index contributed by atoms with van der Waals surface area (Å²) in [4.78, 5) is 24.6. The Morgan fingerprint density at radius 2 is 2.05 bits per heavy atom. The first kappa shape index (κ1) is 15.8. The van der Waals surface area contributed by atoms with Crippen molar-refractivity contribution in [1.82, 2.24) is 5.32 Å². The third-order valence-electron chi connectivity index (χ3n) is 2.81. The highest BCUT2D eigenvalue weighted by atomic mass is 16.5. The molecule has 0 fully saturated rings. The molecule has 0 aliphatic carbocycles. The number of amides is 1. The van der Waals surface area contributed by atoms with Crippen LogP contribution in [0.2, 0.25) is 0 Å². The normalized spacial score (nSPS) is 11.4. The number of methoxy groups -OCH3 is 2. The average Bonchev–Trinajstić information content (AvgIpc) is 2.45. The lowest BCUT2D eigenvalue weighted by molar-refractivity contribution is -0.144. The number of hydrogen-bond donors (Lipinski definition) is 1. The van der Waals surface area contributed by atoms with Crippen LogP contribution < -0.4 is 15.0 Å². The Hall–Kier alpha value is -2.24. The van der Waals surface area contributed by atoms with Crippen LogP contribution in [0.3, 0.4) is 0 Å². The summed E-state index contributed by atoms with van der Waals surface area (Å²) in [6.07, 6.45) is 0. The van der Waals surface area contributed by atoms with E-state index in [0.717, 1.165) is 11.4 Å². The van der Waals surface area contributed by atoms with Gasteiger partial charge in [0.15, 0.2) is 0 Å². The van der Waals surface area contributed by atoms with Gasteiger partial charge in [0.05, 0.1) is 14.2 Å². The van der Waals surface area contributed by atoms with E-state index in [2.05, 4.69) is 10.1 Å². The lowest BCUT2D eigenvalue weighted by Crippen LogP contribution is -2.47. The van der Waals surface area contributed by atoms with E-state index in [1.54, 1.807) is 7.11 Å². The van der Waals surface area contributed by atoms with E-state index in [4.69, 9.17) is 4.74 Å². The summed E-state index contributed by atoms with van der Waals surface area (Å²) < 4.78 is 9.85. The van der Waals surface area contributed by atoms with Gasteiger partial charge in [0.2, 0.25) is 5.91 Å². The molecule has 20 heavy (non-hydrogen) atoms. The van der Waals surface area contributed by atoms with Crippen LogP contribution in [-0.2, 0) is 14.3 Å². The van der Waals surface area contributed by atoms with Gasteiger partial charge in [0.25, 0.3) is 0 Å². The zero-order chi connectivity index (χ0) is 15.1. The van der Waals surface area contributed by atoms with Gasteiger partial charge < -0.3 is 19.7 Å². The molecule has 1 atom stereocenters. The fourth-order valence-electron chi connectivity index (χ4n) is 1.79. The molecule has 1 rings (SSSR count). The minimum absolute atomic E-state index is 0.278. The van der Waals surface area contributed by atoms with Crippen LogP contribution in [0.4, 0.5) is 5.69 Å². The number of likely N-dealkylation sites (N-methyl/N-ethyl adjacent to an activating group) is 1. The maximum absolute atomic E-state index is 11.6. The molecule has 1 N–H and O–H groups in total. The first-order chi connectivity index (χ1) is 9.47. The molecule has 110 valence electrons. The molecule has 1 unspecified atom stereocenters. The summed E-state index contributed by atoms with van der Waals surface area (Å²) in [5, 5.41) is 2.57. The predicted octanol–water partition coefficient (Wildman–Crippen LogP) is 0.809. The lowest BCUT2D eigenvalue weighted by atomic mass is 10.2. The average molecular weight is 280 g/mol. The number of esters is 1. The molecule has 1 amide bonds. The van der Waals surface area contributed by atoms with E-state index in [1.807, 2.05) is 36.2 Å². The van der Waals surface area contributed by atoms with Gasteiger partial charge in [0, 0.05) is 32.3 Å². The van der Waals surface area contributed by atoms with Gasteiger partial charge >= 0.3 is 5.97 Å². The fraction of sp³-hybridized carbons (Fsp3) is 0.429. The SMILES string of the molecule is COC(=O)C(CN(C)c1cccc(OC)c1)NC(C)=O. The quantitative estimate of drug-likeness (QED) is 0.781. The second-order valence-electron chi connectivity index (χ2n) is 4.36. The van der Waals surface area contributed by atoms with Crippen molar-refractivity contribution in [3.05, 3.63) is 24.3 Å². The highest BCUT2D eigenvalue weighted by Crippen LogP contribution is 2.20. The summed E-state index contributed by atoms with van der Waals surface area (Å²) in [6, 6.07) is 6.72. The van der Waals surface area contributed by atoms with Crippen LogP contribution in [0.5, 0.6) is 5.75 Å². The molecular formula is C14H20N2O4. The third kappa shape index (κ3) is 4.46. The highest BCUT2D eigenvalue weighted by molar-refractivity contribution is 5.83. The molecule has 0 radical (unpaired) electrons. The van der Waals surface area contributed by atoms with Gasteiger partial charge in [-0.05, 0) is 12.1 Å². The van der Waals surface area contributed by atoms with E-state index in [-0.39, 0.29) is 5.91 Å². The molecule has 0 saturated heterocycles. The van der Waals surface area contributed by atoms with E-state index >= 15 is 0 Å². The van der Waals surface area contributed by atoms with Crippen LogP contribution >= 0.6 is 0 Å². The van der Waals surface area contributed by atoms with Crippen LogP contribution in [0, 0.1) is 0 Å². The van der Waals surface area contributed by atoms with Crippen molar-refractivity contribution in [3.8, 4) is 5.75 Å². The number of hydrogen-bond acceptors (Lipinski definition) is 5. The van der Waals surface area contributed by atoms with Crippen molar-refractivity contribution in [2.75, 3.05) is 32.7 Å². The molecule has 0 bridgehead atoms. The zero-order valence-electron chi connectivity index (χ0n) is 12.2.